The first kappa shape index (κ1) is 34.3. The number of para-hydroxylation sites is 1. The molecule has 4 aromatic rings. The maximum absolute atomic E-state index is 13.5. The SMILES string of the molecule is COC12CC3(C)CC(C)(CC(CN/C(C)=C(\C=N)c4ccc(-c5ccc6c(c5)N(C(=O)Nc5nc7ccccc7s5)CCO6)nc4C(=O)O)(C3)C1)C2. The molecule has 1 aliphatic heterocycles. The number of methoxy groups -OCH3 is 1. The molecule has 0 spiro atoms. The predicted octanol–water partition coefficient (Wildman–Crippen LogP) is 8.22. The Morgan fingerprint density at radius 2 is 1.81 bits per heavy atom. The van der Waals surface area contributed by atoms with E-state index in [0.717, 1.165) is 54.6 Å². The summed E-state index contributed by atoms with van der Waals surface area (Å²) >= 11 is 1.40. The smallest absolute Gasteiger partial charge is 0.355 e. The highest BCUT2D eigenvalue weighted by Crippen LogP contribution is 2.71. The second kappa shape index (κ2) is 12.4. The fourth-order valence-electron chi connectivity index (χ4n) is 10.7. The molecule has 12 heteroatoms. The molecule has 2 atom stereocenters. The van der Waals surface area contributed by atoms with E-state index in [2.05, 4.69) is 34.4 Å². The minimum atomic E-state index is -1.19. The molecule has 4 fully saturated rings. The Bertz CT molecular complexity index is 2110. The average Bonchev–Trinajstić information content (AvgIpc) is 3.51. The molecule has 4 saturated carbocycles. The number of carboxylic acid groups (broad SMARTS) is 1. The van der Waals surface area contributed by atoms with Crippen LogP contribution in [0.25, 0.3) is 27.0 Å². The number of urea groups is 1. The van der Waals surface area contributed by atoms with Crippen LogP contribution in [0.1, 0.15) is 75.3 Å². The van der Waals surface area contributed by atoms with E-state index < -0.39 is 5.97 Å². The molecule has 2 aromatic carbocycles. The van der Waals surface area contributed by atoms with Crippen molar-refractivity contribution in [2.75, 3.05) is 37.0 Å². The molecule has 9 rings (SSSR count). The van der Waals surface area contributed by atoms with E-state index in [1.807, 2.05) is 38.3 Å². The van der Waals surface area contributed by atoms with E-state index in [1.165, 1.54) is 24.0 Å². The molecular formula is C40H44N6O5S. The molecule has 0 radical (unpaired) electrons. The number of rotatable bonds is 9. The van der Waals surface area contributed by atoms with Crippen LogP contribution < -0.4 is 20.3 Å². The number of hydrogen-bond acceptors (Lipinski definition) is 9. The standard InChI is InChI=1S/C40H44N6O5S/c1-24(42-23-39-18-37(2)17-38(3,19-39)21-40(20-37,22-39)50-4)27(16-41)26-10-11-28(43-33(26)34(47)48)25-9-12-31-30(15-25)46(13-14-51-31)36(49)45-35-44-29-7-5-6-8-32(29)52-35/h5-12,15-16,41-42H,13-14,17-23H2,1-4H3,(H,47,48)(H,44,45,49)/b27-24+,41-16?. The van der Waals surface area contributed by atoms with Crippen molar-refractivity contribution in [3.8, 4) is 17.0 Å². The third-order valence-electron chi connectivity index (χ3n) is 11.6. The number of fused-ring (bicyclic) bond motifs is 2. The summed E-state index contributed by atoms with van der Waals surface area (Å²) in [4.78, 5) is 37.0. The van der Waals surface area contributed by atoms with Crippen molar-refractivity contribution >= 4 is 56.2 Å². The summed E-state index contributed by atoms with van der Waals surface area (Å²) in [5.41, 5.74) is 4.30. The largest absolute Gasteiger partial charge is 0.490 e. The number of allylic oxidation sites excluding steroid dienone is 2. The number of anilines is 2. The number of carboxylic acids is 1. The molecule has 2 amide bonds. The van der Waals surface area contributed by atoms with Gasteiger partial charge in [0, 0.05) is 42.3 Å². The molecule has 2 aromatic heterocycles. The quantitative estimate of drug-likeness (QED) is 0.126. The van der Waals surface area contributed by atoms with E-state index in [-0.39, 0.29) is 33.6 Å². The van der Waals surface area contributed by atoms with E-state index in [0.29, 0.717) is 52.1 Å². The van der Waals surface area contributed by atoms with Crippen LogP contribution in [0.4, 0.5) is 15.6 Å². The highest BCUT2D eigenvalue weighted by molar-refractivity contribution is 7.22. The van der Waals surface area contributed by atoms with Crippen LogP contribution in [0.15, 0.2) is 60.3 Å². The van der Waals surface area contributed by atoms with Gasteiger partial charge in [-0.05, 0) is 104 Å². The minimum Gasteiger partial charge on any atom is -0.490 e. The molecule has 5 aliphatic rings. The Kier molecular flexibility index (Phi) is 8.18. The van der Waals surface area contributed by atoms with Crippen LogP contribution >= 0.6 is 11.3 Å². The maximum atomic E-state index is 13.5. The third kappa shape index (κ3) is 6.01. The third-order valence-corrected chi connectivity index (χ3v) is 12.6. The molecule has 0 saturated heterocycles. The summed E-state index contributed by atoms with van der Waals surface area (Å²) in [6.45, 7) is 8.12. The Balaban J connectivity index is 1.05. The number of carbonyl (C=O) groups excluding carboxylic acids is 1. The summed E-state index contributed by atoms with van der Waals surface area (Å²) < 4.78 is 13.1. The molecule has 2 unspecified atom stereocenters. The topological polar surface area (TPSA) is 150 Å². The number of ether oxygens (including phenoxy) is 2. The van der Waals surface area contributed by atoms with Gasteiger partial charge >= 0.3 is 12.0 Å². The zero-order valence-corrected chi connectivity index (χ0v) is 30.8. The summed E-state index contributed by atoms with van der Waals surface area (Å²) in [6.07, 6.45) is 7.89. The Hall–Kier alpha value is -4.81. The Morgan fingerprint density at radius 1 is 1.04 bits per heavy atom. The van der Waals surface area contributed by atoms with E-state index in [9.17, 15) is 14.7 Å². The second-order valence-corrected chi connectivity index (χ2v) is 17.1. The molecule has 270 valence electrons. The van der Waals surface area contributed by atoms with Crippen LogP contribution in [0.5, 0.6) is 5.75 Å². The monoisotopic (exact) mass is 720 g/mol. The van der Waals surface area contributed by atoms with Gasteiger partial charge in [0.05, 0.1) is 33.7 Å². The van der Waals surface area contributed by atoms with Crippen molar-refractivity contribution in [3.63, 3.8) is 0 Å². The number of pyridine rings is 1. The predicted molar refractivity (Wildman–Crippen MR) is 204 cm³/mol. The number of benzene rings is 2. The number of aromatic nitrogens is 2. The molecule has 52 heavy (non-hydrogen) atoms. The Morgan fingerprint density at radius 3 is 2.52 bits per heavy atom. The first-order valence-electron chi connectivity index (χ1n) is 17.8. The van der Waals surface area contributed by atoms with E-state index in [1.54, 1.807) is 35.2 Å². The number of amides is 2. The molecule has 4 N–H and O–H groups in total. The lowest BCUT2D eigenvalue weighted by molar-refractivity contribution is -0.234. The van der Waals surface area contributed by atoms with E-state index in [4.69, 9.17) is 14.9 Å². The molecule has 4 bridgehead atoms. The number of hydrogen-bond donors (Lipinski definition) is 4. The number of carbonyl (C=O) groups is 2. The van der Waals surface area contributed by atoms with Gasteiger partial charge in [0.2, 0.25) is 0 Å². The van der Waals surface area contributed by atoms with Crippen molar-refractivity contribution in [2.24, 2.45) is 16.2 Å². The number of thiazole rings is 1. The first-order valence-corrected chi connectivity index (χ1v) is 18.6. The molecule has 4 aliphatic carbocycles. The lowest BCUT2D eigenvalue weighted by Gasteiger charge is -2.69. The number of nitrogens with one attached hydrogen (secondary N) is 3. The van der Waals surface area contributed by atoms with Gasteiger partial charge in [0.15, 0.2) is 10.8 Å². The Labute approximate surface area is 307 Å². The van der Waals surface area contributed by atoms with Gasteiger partial charge in [-0.25, -0.2) is 19.6 Å². The minimum absolute atomic E-state index is 0.0652. The number of aromatic carboxylic acids is 1. The van der Waals surface area contributed by atoms with Gasteiger partial charge in [-0.2, -0.15) is 0 Å². The summed E-state index contributed by atoms with van der Waals surface area (Å²) in [5.74, 6) is -0.648. The normalized spacial score (nSPS) is 27.8. The fraction of sp³-hybridized carbons (Fsp3) is 0.425. The maximum Gasteiger partial charge on any atom is 0.355 e. The second-order valence-electron chi connectivity index (χ2n) is 16.1. The van der Waals surface area contributed by atoms with Crippen molar-refractivity contribution < 1.29 is 24.2 Å². The highest BCUT2D eigenvalue weighted by Gasteiger charge is 2.65. The van der Waals surface area contributed by atoms with Gasteiger partial charge in [-0.3, -0.25) is 10.2 Å². The lowest BCUT2D eigenvalue weighted by atomic mass is 9.39. The van der Waals surface area contributed by atoms with Crippen LogP contribution in [0.2, 0.25) is 0 Å². The highest BCUT2D eigenvalue weighted by atomic mass is 32.1. The van der Waals surface area contributed by atoms with Crippen molar-refractivity contribution in [2.45, 2.75) is 64.9 Å². The number of nitrogens with zero attached hydrogens (tertiary/aromatic N) is 3. The van der Waals surface area contributed by atoms with Gasteiger partial charge in [-0.1, -0.05) is 37.3 Å². The van der Waals surface area contributed by atoms with Gasteiger partial charge in [0.1, 0.15) is 12.4 Å². The molecule has 11 nitrogen and oxygen atoms in total. The van der Waals surface area contributed by atoms with Crippen LogP contribution in [-0.2, 0) is 4.74 Å². The van der Waals surface area contributed by atoms with Crippen LogP contribution in [-0.4, -0.2) is 65.7 Å². The zero-order valence-electron chi connectivity index (χ0n) is 30.0. The van der Waals surface area contributed by atoms with Gasteiger partial charge in [0.25, 0.3) is 0 Å². The van der Waals surface area contributed by atoms with Crippen molar-refractivity contribution in [1.29, 1.82) is 5.41 Å². The molecular weight excluding hydrogens is 677 g/mol. The lowest BCUT2D eigenvalue weighted by Crippen LogP contribution is -2.65. The van der Waals surface area contributed by atoms with Crippen LogP contribution in [0.3, 0.4) is 0 Å². The van der Waals surface area contributed by atoms with Crippen molar-refractivity contribution in [1.82, 2.24) is 15.3 Å². The summed E-state index contributed by atoms with van der Waals surface area (Å²) in [7, 11) is 1.86. The van der Waals surface area contributed by atoms with Crippen LogP contribution in [0, 0.1) is 21.7 Å². The zero-order chi connectivity index (χ0) is 36.5. The fourth-order valence-corrected chi connectivity index (χ4v) is 11.6. The molecule has 3 heterocycles. The van der Waals surface area contributed by atoms with Gasteiger partial charge < -0.3 is 25.3 Å². The van der Waals surface area contributed by atoms with Crippen molar-refractivity contribution in [3.05, 3.63) is 71.6 Å². The average molecular weight is 721 g/mol. The van der Waals surface area contributed by atoms with Gasteiger partial charge in [-0.15, -0.1) is 0 Å². The summed E-state index contributed by atoms with van der Waals surface area (Å²) in [5, 5.41) is 25.8. The summed E-state index contributed by atoms with van der Waals surface area (Å²) in [6, 6.07) is 16.2. The first-order chi connectivity index (χ1) is 24.8. The van der Waals surface area contributed by atoms with E-state index >= 15 is 0 Å².